The summed E-state index contributed by atoms with van der Waals surface area (Å²) in [5.41, 5.74) is 1.47. The second-order valence-corrected chi connectivity index (χ2v) is 8.47. The van der Waals surface area contributed by atoms with Gasteiger partial charge in [-0.05, 0) is 43.4 Å². The monoisotopic (exact) mass is 486 g/mol. The van der Waals surface area contributed by atoms with Crippen LogP contribution in [0.1, 0.15) is 44.6 Å². The topological polar surface area (TPSA) is 35.9 Å². The molecule has 0 saturated carbocycles. The molecule has 3 rings (SSSR count). The molecule has 180 valence electrons. The molecule has 4 nitrogen and oxygen atoms in total. The van der Waals surface area contributed by atoms with Crippen LogP contribution < -0.4 is 9.64 Å². The van der Waals surface area contributed by atoms with Gasteiger partial charge in [0.15, 0.2) is 11.6 Å². The number of benzene rings is 2. The van der Waals surface area contributed by atoms with Crippen LogP contribution in [0, 0.1) is 5.82 Å². The normalized spacial score (nSPS) is 15.4. The molecule has 1 N–H and O–H groups in total. The van der Waals surface area contributed by atoms with Crippen molar-refractivity contribution < 1.29 is 14.2 Å². The van der Waals surface area contributed by atoms with Gasteiger partial charge in [0, 0.05) is 45.0 Å². The van der Waals surface area contributed by atoms with Gasteiger partial charge in [0.05, 0.1) is 12.2 Å². The minimum atomic E-state index is -0.650. The number of hydrogen-bond acceptors (Lipinski definition) is 4. The molecule has 1 aliphatic rings. The zero-order valence-corrected chi connectivity index (χ0v) is 20.8. The molecule has 32 heavy (non-hydrogen) atoms. The zero-order valence-electron chi connectivity index (χ0n) is 19.1. The number of aliphatic hydroxyl groups is 1. The number of rotatable bonds is 10. The molecule has 0 aliphatic carbocycles. The summed E-state index contributed by atoms with van der Waals surface area (Å²) in [6.45, 7) is 6.03. The SMILES string of the molecule is CCCCOc1ccc(N(C)CCC2(O)CCN(Cc3ccccc3)CC2)cc1F.Cl.Cl. The van der Waals surface area contributed by atoms with Gasteiger partial charge >= 0.3 is 0 Å². The lowest BCUT2D eigenvalue weighted by Crippen LogP contribution is -2.45. The molecule has 0 aromatic heterocycles. The summed E-state index contributed by atoms with van der Waals surface area (Å²) in [5.74, 6) is -0.0200. The average molecular weight is 487 g/mol. The van der Waals surface area contributed by atoms with Crippen molar-refractivity contribution in [2.75, 3.05) is 38.2 Å². The number of halogens is 3. The van der Waals surface area contributed by atoms with Crippen molar-refractivity contribution in [3.05, 3.63) is 59.9 Å². The maximum atomic E-state index is 14.3. The summed E-state index contributed by atoms with van der Waals surface area (Å²) in [7, 11) is 1.94. The standard InChI is InChI=1S/C25H35FN2O2.2ClH/c1-3-4-18-30-24-11-10-22(19-23(24)26)27(2)15-12-25(29)13-16-28(17-14-25)20-21-8-6-5-7-9-21;;/h5-11,19,29H,3-4,12-18,20H2,1-2H3;2*1H. The first-order valence-electron chi connectivity index (χ1n) is 11.1. The van der Waals surface area contributed by atoms with Gasteiger partial charge in [-0.3, -0.25) is 4.90 Å². The van der Waals surface area contributed by atoms with Crippen LogP contribution in [0.5, 0.6) is 5.75 Å². The molecular weight excluding hydrogens is 450 g/mol. The maximum absolute atomic E-state index is 14.3. The van der Waals surface area contributed by atoms with Gasteiger partial charge in [-0.25, -0.2) is 4.39 Å². The number of ether oxygens (including phenoxy) is 1. The van der Waals surface area contributed by atoms with Gasteiger partial charge in [-0.2, -0.15) is 0 Å². The Balaban J connectivity index is 0.00000256. The summed E-state index contributed by atoms with van der Waals surface area (Å²) in [6.07, 6.45) is 4.16. The highest BCUT2D eigenvalue weighted by atomic mass is 35.5. The third-order valence-corrected chi connectivity index (χ3v) is 6.06. The molecule has 1 aliphatic heterocycles. The fourth-order valence-electron chi connectivity index (χ4n) is 3.89. The minimum Gasteiger partial charge on any atom is -0.491 e. The van der Waals surface area contributed by atoms with Gasteiger partial charge in [-0.1, -0.05) is 43.7 Å². The zero-order chi connectivity index (χ0) is 21.4. The van der Waals surface area contributed by atoms with Crippen LogP contribution in [0.4, 0.5) is 10.1 Å². The molecule has 1 fully saturated rings. The van der Waals surface area contributed by atoms with Crippen LogP contribution in [0.2, 0.25) is 0 Å². The van der Waals surface area contributed by atoms with Gasteiger partial charge in [0.1, 0.15) is 0 Å². The molecule has 2 aromatic carbocycles. The van der Waals surface area contributed by atoms with Crippen molar-refractivity contribution in [2.24, 2.45) is 0 Å². The quantitative estimate of drug-likeness (QED) is 0.436. The van der Waals surface area contributed by atoms with Gasteiger partial charge < -0.3 is 14.7 Å². The van der Waals surface area contributed by atoms with Crippen LogP contribution in [0.15, 0.2) is 48.5 Å². The Morgan fingerprint density at radius 1 is 1.09 bits per heavy atom. The van der Waals surface area contributed by atoms with E-state index in [1.165, 1.54) is 11.6 Å². The molecular formula is C25H37Cl2FN2O2. The Labute approximate surface area is 204 Å². The summed E-state index contributed by atoms with van der Waals surface area (Å²) < 4.78 is 19.8. The van der Waals surface area contributed by atoms with E-state index < -0.39 is 5.60 Å². The molecule has 7 heteroatoms. The molecule has 2 aromatic rings. The second-order valence-electron chi connectivity index (χ2n) is 8.47. The highest BCUT2D eigenvalue weighted by Crippen LogP contribution is 2.29. The molecule has 0 radical (unpaired) electrons. The van der Waals surface area contributed by atoms with Crippen LogP contribution >= 0.6 is 24.8 Å². The number of hydrogen-bond donors (Lipinski definition) is 1. The second kappa shape index (κ2) is 13.9. The summed E-state index contributed by atoms with van der Waals surface area (Å²) in [6, 6.07) is 15.6. The number of nitrogens with zero attached hydrogens (tertiary/aromatic N) is 2. The van der Waals surface area contributed by atoms with Crippen LogP contribution in [-0.4, -0.2) is 48.9 Å². The third kappa shape index (κ3) is 8.43. The highest BCUT2D eigenvalue weighted by molar-refractivity contribution is 5.85. The van der Waals surface area contributed by atoms with E-state index in [0.717, 1.165) is 51.0 Å². The smallest absolute Gasteiger partial charge is 0.167 e. The van der Waals surface area contributed by atoms with Gasteiger partial charge in [0.2, 0.25) is 0 Å². The lowest BCUT2D eigenvalue weighted by Gasteiger charge is -2.39. The first kappa shape index (κ1) is 28.5. The van der Waals surface area contributed by atoms with Gasteiger partial charge in [0.25, 0.3) is 0 Å². The number of likely N-dealkylation sites (tertiary alicyclic amines) is 1. The third-order valence-electron chi connectivity index (χ3n) is 6.06. The van der Waals surface area contributed by atoms with Crippen molar-refractivity contribution >= 4 is 30.5 Å². The van der Waals surface area contributed by atoms with E-state index >= 15 is 0 Å². The van der Waals surface area contributed by atoms with Crippen molar-refractivity contribution in [3.63, 3.8) is 0 Å². The number of anilines is 1. The largest absolute Gasteiger partial charge is 0.491 e. The summed E-state index contributed by atoms with van der Waals surface area (Å²) >= 11 is 0. The average Bonchev–Trinajstić information content (AvgIpc) is 2.76. The lowest BCUT2D eigenvalue weighted by molar-refractivity contribution is -0.0275. The predicted molar refractivity (Wildman–Crippen MR) is 135 cm³/mol. The Hall–Kier alpha value is -1.53. The highest BCUT2D eigenvalue weighted by Gasteiger charge is 2.32. The molecule has 1 saturated heterocycles. The minimum absolute atomic E-state index is 0. The fourth-order valence-corrected chi connectivity index (χ4v) is 3.89. The van der Waals surface area contributed by atoms with Crippen molar-refractivity contribution in [1.29, 1.82) is 0 Å². The molecule has 0 atom stereocenters. The van der Waals surface area contributed by atoms with Gasteiger partial charge in [-0.15, -0.1) is 24.8 Å². The van der Waals surface area contributed by atoms with Crippen LogP contribution in [0.25, 0.3) is 0 Å². The fraction of sp³-hybridized carbons (Fsp3) is 0.520. The molecule has 0 amide bonds. The first-order valence-corrected chi connectivity index (χ1v) is 11.1. The molecule has 0 unspecified atom stereocenters. The van der Waals surface area contributed by atoms with Crippen molar-refractivity contribution in [3.8, 4) is 5.75 Å². The predicted octanol–water partition coefficient (Wildman–Crippen LogP) is 5.70. The summed E-state index contributed by atoms with van der Waals surface area (Å²) in [4.78, 5) is 4.41. The van der Waals surface area contributed by atoms with Crippen molar-refractivity contribution in [2.45, 2.75) is 51.2 Å². The number of unbranched alkanes of at least 4 members (excludes halogenated alkanes) is 1. The summed E-state index contributed by atoms with van der Waals surface area (Å²) in [5, 5.41) is 11.0. The Kier molecular flexibility index (Phi) is 12.4. The Morgan fingerprint density at radius 2 is 1.78 bits per heavy atom. The van der Waals surface area contributed by atoms with Crippen LogP contribution in [0.3, 0.4) is 0 Å². The lowest BCUT2D eigenvalue weighted by atomic mass is 9.88. The Morgan fingerprint density at radius 3 is 2.41 bits per heavy atom. The molecule has 0 spiro atoms. The first-order chi connectivity index (χ1) is 14.5. The number of piperidine rings is 1. The molecule has 0 bridgehead atoms. The maximum Gasteiger partial charge on any atom is 0.167 e. The van der Waals surface area contributed by atoms with Crippen molar-refractivity contribution in [1.82, 2.24) is 4.90 Å². The van der Waals surface area contributed by atoms with E-state index in [1.807, 2.05) is 24.1 Å². The van der Waals surface area contributed by atoms with E-state index in [2.05, 4.69) is 36.1 Å². The van der Waals surface area contributed by atoms with E-state index in [9.17, 15) is 9.50 Å². The van der Waals surface area contributed by atoms with E-state index in [1.54, 1.807) is 6.07 Å². The Bertz CT molecular complexity index is 787. The van der Waals surface area contributed by atoms with Crippen LogP contribution in [-0.2, 0) is 6.54 Å². The van der Waals surface area contributed by atoms with E-state index in [0.29, 0.717) is 25.3 Å². The van der Waals surface area contributed by atoms with E-state index in [-0.39, 0.29) is 30.6 Å². The van der Waals surface area contributed by atoms with E-state index in [4.69, 9.17) is 4.74 Å². The molecule has 1 heterocycles.